The number of carbonyl (C=O) groups excluding carboxylic acids is 2. The van der Waals surface area contributed by atoms with Gasteiger partial charge in [-0.1, -0.05) is 51.4 Å². The van der Waals surface area contributed by atoms with Gasteiger partial charge in [0.25, 0.3) is 0 Å². The summed E-state index contributed by atoms with van der Waals surface area (Å²) in [6.45, 7) is 17.8. The van der Waals surface area contributed by atoms with Crippen LogP contribution in [0.1, 0.15) is 43.6 Å². The molecule has 0 spiro atoms. The summed E-state index contributed by atoms with van der Waals surface area (Å²) in [4.78, 5) is 30.8. The highest BCUT2D eigenvalue weighted by atomic mass is 28.3. The van der Waals surface area contributed by atoms with Gasteiger partial charge in [0.05, 0.1) is 19.4 Å². The number of aliphatic hydroxyl groups excluding tert-OH is 1. The molecule has 1 fully saturated rings. The van der Waals surface area contributed by atoms with Crippen LogP contribution >= 0.6 is 0 Å². The maximum Gasteiger partial charge on any atom is 0.188 e. The molecular formula is C34H52FN5O5Si2. The minimum atomic E-state index is -1.29. The summed E-state index contributed by atoms with van der Waals surface area (Å²) in [5.41, 5.74) is 2.27. The normalized spacial score (nSPS) is 19.3. The van der Waals surface area contributed by atoms with Gasteiger partial charge in [-0.05, 0) is 42.3 Å². The van der Waals surface area contributed by atoms with Crippen LogP contribution in [0.3, 0.4) is 0 Å². The fraction of sp³-hybridized carbons (Fsp3) is 0.588. The van der Waals surface area contributed by atoms with Crippen molar-refractivity contribution in [3.63, 3.8) is 0 Å². The number of aliphatic hydroxyl groups is 1. The predicted octanol–water partition coefficient (Wildman–Crippen LogP) is 5.61. The van der Waals surface area contributed by atoms with E-state index in [1.807, 2.05) is 11.0 Å². The number of halogens is 1. The second-order valence-electron chi connectivity index (χ2n) is 15.1. The molecule has 0 saturated carbocycles. The van der Waals surface area contributed by atoms with Crippen LogP contribution in [0.2, 0.25) is 51.4 Å². The summed E-state index contributed by atoms with van der Waals surface area (Å²) in [5, 5.41) is 21.5. The molecule has 3 atom stereocenters. The van der Waals surface area contributed by atoms with Gasteiger partial charge in [-0.15, -0.1) is 0 Å². The van der Waals surface area contributed by atoms with Crippen molar-refractivity contribution in [2.45, 2.75) is 77.5 Å². The third-order valence-corrected chi connectivity index (χ3v) is 12.3. The van der Waals surface area contributed by atoms with Gasteiger partial charge < -0.3 is 14.6 Å². The third kappa shape index (κ3) is 10.1. The monoisotopic (exact) mass is 685 g/mol. The quantitative estimate of drug-likeness (QED) is 0.107. The molecule has 0 bridgehead atoms. The lowest BCUT2D eigenvalue weighted by Crippen LogP contribution is -2.51. The van der Waals surface area contributed by atoms with Crippen LogP contribution in [0.25, 0.3) is 0 Å². The largest absolute Gasteiger partial charge is 0.395 e. The zero-order valence-electron chi connectivity index (χ0n) is 29.0. The molecule has 1 unspecified atom stereocenters. The standard InChI is InChI=1S/C34H52FN5O5Si2/c1-24-26(9-8-10-29(24)35)31-27(33(42)30-11-12-40(38-30)23-45-16-18-47(5,6)7)20-39(13-14-41)21-28(31)34(43)32-25(19-36-37-32)22-44-15-17-46(2,3)4/h8-12,19,27-28,31,41H,13-18,20-23H2,1-7H3,(H,36,37)/t27-,28+,31?/m1/s1. The van der Waals surface area contributed by atoms with Gasteiger partial charge in [0.15, 0.2) is 11.6 Å². The van der Waals surface area contributed by atoms with Gasteiger partial charge in [0, 0.05) is 78.5 Å². The van der Waals surface area contributed by atoms with E-state index in [9.17, 15) is 14.7 Å². The summed E-state index contributed by atoms with van der Waals surface area (Å²) in [5.74, 6) is -2.93. The topological polar surface area (TPSA) is 123 Å². The van der Waals surface area contributed by atoms with E-state index >= 15 is 4.39 Å². The number of nitrogens with zero attached hydrogens (tertiary/aromatic N) is 4. The van der Waals surface area contributed by atoms with E-state index in [0.29, 0.717) is 42.1 Å². The first-order valence-electron chi connectivity index (χ1n) is 16.6. The number of likely N-dealkylation sites (tertiary alicyclic amines) is 1. The molecule has 13 heteroatoms. The molecule has 2 aromatic heterocycles. The maximum atomic E-state index is 15.1. The lowest BCUT2D eigenvalue weighted by molar-refractivity contribution is 0.0517. The number of piperidine rings is 1. The molecule has 4 rings (SSSR count). The minimum absolute atomic E-state index is 0.130. The molecule has 3 aromatic rings. The molecule has 0 amide bonds. The number of benzene rings is 1. The second-order valence-corrected chi connectivity index (χ2v) is 26.4. The minimum Gasteiger partial charge on any atom is -0.395 e. The van der Waals surface area contributed by atoms with E-state index in [2.05, 4.69) is 54.6 Å². The zero-order chi connectivity index (χ0) is 34.4. The van der Waals surface area contributed by atoms with Gasteiger partial charge in [0.2, 0.25) is 0 Å². The molecule has 2 N–H and O–H groups in total. The first-order chi connectivity index (χ1) is 22.2. The van der Waals surface area contributed by atoms with Crippen LogP contribution < -0.4 is 0 Å². The number of carbonyl (C=O) groups is 2. The number of nitrogens with one attached hydrogen (secondary N) is 1. The van der Waals surface area contributed by atoms with Crippen molar-refractivity contribution in [1.82, 2.24) is 24.9 Å². The zero-order valence-corrected chi connectivity index (χ0v) is 31.0. The van der Waals surface area contributed by atoms with Gasteiger partial charge in [-0.25, -0.2) is 9.07 Å². The highest BCUT2D eigenvalue weighted by Crippen LogP contribution is 2.42. The summed E-state index contributed by atoms with van der Waals surface area (Å²) in [7, 11) is -2.54. The summed E-state index contributed by atoms with van der Waals surface area (Å²) in [6, 6.07) is 8.52. The molecule has 258 valence electrons. The molecule has 3 heterocycles. The average Bonchev–Trinajstić information content (AvgIpc) is 3.67. The van der Waals surface area contributed by atoms with Gasteiger partial charge in [-0.3, -0.25) is 19.6 Å². The van der Waals surface area contributed by atoms with Gasteiger partial charge in [-0.2, -0.15) is 10.2 Å². The Morgan fingerprint density at radius 1 is 1.00 bits per heavy atom. The molecule has 10 nitrogen and oxygen atoms in total. The number of H-pyrrole nitrogens is 1. The average molecular weight is 686 g/mol. The lowest BCUT2D eigenvalue weighted by atomic mass is 9.68. The summed E-state index contributed by atoms with van der Waals surface area (Å²) < 4.78 is 28.5. The fourth-order valence-corrected chi connectivity index (χ4v) is 7.56. The van der Waals surface area contributed by atoms with Crippen molar-refractivity contribution in [2.24, 2.45) is 11.8 Å². The van der Waals surface area contributed by atoms with Crippen LogP contribution in [-0.4, -0.2) is 97.2 Å². The predicted molar refractivity (Wildman–Crippen MR) is 186 cm³/mol. The number of aromatic amines is 1. The van der Waals surface area contributed by atoms with E-state index in [-0.39, 0.29) is 50.3 Å². The SMILES string of the molecule is Cc1c(F)cccc1C1[C@@H](C(=O)c2[nH]ncc2COCC[Si](C)(C)C)CN(CCO)C[C@H]1C(=O)c1ccn(COCC[Si](C)(C)C)n1. The lowest BCUT2D eigenvalue weighted by Gasteiger charge is -2.43. The number of ether oxygens (including phenoxy) is 2. The smallest absolute Gasteiger partial charge is 0.188 e. The first-order valence-corrected chi connectivity index (χ1v) is 24.0. The highest BCUT2D eigenvalue weighted by molar-refractivity contribution is 6.76. The van der Waals surface area contributed by atoms with Crippen molar-refractivity contribution in [3.8, 4) is 0 Å². The van der Waals surface area contributed by atoms with E-state index < -0.39 is 39.7 Å². The van der Waals surface area contributed by atoms with Crippen LogP contribution in [-0.2, 0) is 22.8 Å². The number of ketones is 2. The number of hydrogen-bond donors (Lipinski definition) is 2. The summed E-state index contributed by atoms with van der Waals surface area (Å²) >= 11 is 0. The Balaban J connectivity index is 1.65. The molecule has 1 aromatic carbocycles. The Hall–Kier alpha value is -2.82. The van der Waals surface area contributed by atoms with Crippen molar-refractivity contribution >= 4 is 27.7 Å². The highest BCUT2D eigenvalue weighted by Gasteiger charge is 2.46. The number of hydrogen-bond acceptors (Lipinski definition) is 8. The van der Waals surface area contributed by atoms with Gasteiger partial charge in [0.1, 0.15) is 23.9 Å². The Kier molecular flexibility index (Phi) is 12.6. The third-order valence-electron chi connectivity index (χ3n) is 8.87. The van der Waals surface area contributed by atoms with Crippen LogP contribution in [0.15, 0.2) is 36.7 Å². The first kappa shape index (κ1) is 37.0. The fourth-order valence-electron chi connectivity index (χ4n) is 6.04. The number of Topliss-reactive ketones (excluding diaryl/α,β-unsaturated/α-hetero) is 2. The molecular weight excluding hydrogens is 634 g/mol. The van der Waals surface area contributed by atoms with Crippen LogP contribution in [0, 0.1) is 24.6 Å². The van der Waals surface area contributed by atoms with Crippen molar-refractivity contribution in [3.05, 3.63) is 70.6 Å². The van der Waals surface area contributed by atoms with E-state index in [1.165, 1.54) is 6.07 Å². The Morgan fingerprint density at radius 2 is 1.66 bits per heavy atom. The summed E-state index contributed by atoms with van der Waals surface area (Å²) in [6.07, 6.45) is 3.33. The van der Waals surface area contributed by atoms with Crippen molar-refractivity contribution in [2.75, 3.05) is 39.5 Å². The van der Waals surface area contributed by atoms with Crippen LogP contribution in [0.5, 0.6) is 0 Å². The van der Waals surface area contributed by atoms with Gasteiger partial charge >= 0.3 is 0 Å². The molecule has 1 saturated heterocycles. The van der Waals surface area contributed by atoms with E-state index in [4.69, 9.17) is 9.47 Å². The second kappa shape index (κ2) is 16.1. The maximum absolute atomic E-state index is 15.1. The molecule has 1 aliphatic heterocycles. The number of β-amino-alcohol motifs (C(OH)–C–C–N with tert-alkyl or cyclic N) is 1. The number of aromatic nitrogens is 4. The Labute approximate surface area is 280 Å². The van der Waals surface area contributed by atoms with E-state index in [1.54, 1.807) is 36.1 Å². The molecule has 1 aliphatic rings. The molecule has 0 radical (unpaired) electrons. The molecule has 47 heavy (non-hydrogen) atoms. The van der Waals surface area contributed by atoms with Crippen molar-refractivity contribution in [1.29, 1.82) is 0 Å². The van der Waals surface area contributed by atoms with Crippen molar-refractivity contribution < 1.29 is 28.6 Å². The van der Waals surface area contributed by atoms with Crippen LogP contribution in [0.4, 0.5) is 4.39 Å². The Morgan fingerprint density at radius 3 is 2.32 bits per heavy atom. The molecule has 0 aliphatic carbocycles. The van der Waals surface area contributed by atoms with E-state index in [0.717, 1.165) is 12.1 Å². The Bertz CT molecular complexity index is 1500. The number of rotatable bonds is 17.